The molecule has 1 aromatic heterocycles. The number of halogens is 2. The van der Waals surface area contributed by atoms with Crippen LogP contribution >= 0.6 is 27.5 Å². The van der Waals surface area contributed by atoms with Gasteiger partial charge in [-0.1, -0.05) is 33.6 Å². The molecule has 0 spiro atoms. The van der Waals surface area contributed by atoms with Crippen LogP contribution in [0.5, 0.6) is 0 Å². The number of ketones is 1. The number of carbonyl (C=O) groups is 1. The molecule has 0 unspecified atom stereocenters. The molecule has 2 aromatic rings. The maximum absolute atomic E-state index is 12.1. The third kappa shape index (κ3) is 3.14. The van der Waals surface area contributed by atoms with E-state index in [0.29, 0.717) is 17.0 Å². The zero-order valence-corrected chi connectivity index (χ0v) is 11.2. The standard InChI is InChI=1S/C13H9BrClNO/c14-12-4-3-10(15)7-11(12)13(17)6-9-2-1-5-16-8-9/h1-5,7-8H,6H2. The number of hydrogen-bond acceptors (Lipinski definition) is 2. The number of carbonyl (C=O) groups excluding carboxylic acids is 1. The minimum absolute atomic E-state index is 0.0207. The van der Waals surface area contributed by atoms with E-state index in [4.69, 9.17) is 11.6 Å². The molecular formula is C13H9BrClNO. The molecule has 0 atom stereocenters. The molecule has 0 aliphatic carbocycles. The highest BCUT2D eigenvalue weighted by Gasteiger charge is 2.11. The fourth-order valence-corrected chi connectivity index (χ4v) is 2.13. The lowest BCUT2D eigenvalue weighted by molar-refractivity contribution is 0.0992. The number of aromatic nitrogens is 1. The molecule has 0 saturated heterocycles. The van der Waals surface area contributed by atoms with Gasteiger partial charge >= 0.3 is 0 Å². The van der Waals surface area contributed by atoms with E-state index in [1.807, 2.05) is 12.1 Å². The lowest BCUT2D eigenvalue weighted by atomic mass is 10.0. The van der Waals surface area contributed by atoms with Crippen LogP contribution in [0.25, 0.3) is 0 Å². The second-order valence-corrected chi connectivity index (χ2v) is 4.88. The van der Waals surface area contributed by atoms with E-state index in [1.165, 1.54) is 0 Å². The van der Waals surface area contributed by atoms with E-state index in [0.717, 1.165) is 10.0 Å². The van der Waals surface area contributed by atoms with Gasteiger partial charge < -0.3 is 0 Å². The fourth-order valence-electron chi connectivity index (χ4n) is 1.49. The van der Waals surface area contributed by atoms with Crippen LogP contribution in [0.1, 0.15) is 15.9 Å². The van der Waals surface area contributed by atoms with Crippen LogP contribution in [0.15, 0.2) is 47.2 Å². The van der Waals surface area contributed by atoms with Crippen LogP contribution in [-0.2, 0) is 6.42 Å². The Morgan fingerprint density at radius 3 is 2.88 bits per heavy atom. The first kappa shape index (κ1) is 12.3. The number of nitrogens with zero attached hydrogens (tertiary/aromatic N) is 1. The minimum atomic E-state index is 0.0207. The van der Waals surface area contributed by atoms with Crippen molar-refractivity contribution < 1.29 is 4.79 Å². The Labute approximate surface area is 113 Å². The average molecular weight is 311 g/mol. The van der Waals surface area contributed by atoms with Gasteiger partial charge in [-0.05, 0) is 29.8 Å². The van der Waals surface area contributed by atoms with Crippen molar-refractivity contribution in [3.63, 3.8) is 0 Å². The van der Waals surface area contributed by atoms with Crippen molar-refractivity contribution in [3.8, 4) is 0 Å². The maximum Gasteiger partial charge on any atom is 0.168 e. The van der Waals surface area contributed by atoms with Crippen LogP contribution in [-0.4, -0.2) is 10.8 Å². The van der Waals surface area contributed by atoms with E-state index in [1.54, 1.807) is 30.6 Å². The lowest BCUT2D eigenvalue weighted by Gasteiger charge is -2.04. The summed E-state index contributed by atoms with van der Waals surface area (Å²) in [5.41, 5.74) is 1.49. The van der Waals surface area contributed by atoms with Gasteiger partial charge in [0.2, 0.25) is 0 Å². The van der Waals surface area contributed by atoms with Crippen LogP contribution < -0.4 is 0 Å². The smallest absolute Gasteiger partial charge is 0.168 e. The largest absolute Gasteiger partial charge is 0.294 e. The van der Waals surface area contributed by atoms with E-state index in [9.17, 15) is 4.79 Å². The quantitative estimate of drug-likeness (QED) is 0.804. The predicted molar refractivity (Wildman–Crippen MR) is 71.4 cm³/mol. The van der Waals surface area contributed by atoms with Crippen LogP contribution in [0.4, 0.5) is 0 Å². The summed E-state index contributed by atoms with van der Waals surface area (Å²) in [6.07, 6.45) is 3.70. The fraction of sp³-hybridized carbons (Fsp3) is 0.0769. The summed E-state index contributed by atoms with van der Waals surface area (Å²) in [5.74, 6) is 0.0207. The maximum atomic E-state index is 12.1. The summed E-state index contributed by atoms with van der Waals surface area (Å²) < 4.78 is 0.760. The third-order valence-electron chi connectivity index (χ3n) is 2.32. The van der Waals surface area contributed by atoms with Crippen LogP contribution in [0, 0.1) is 0 Å². The molecule has 0 N–H and O–H groups in total. The van der Waals surface area contributed by atoms with Gasteiger partial charge in [-0.2, -0.15) is 0 Å². The number of hydrogen-bond donors (Lipinski definition) is 0. The molecule has 0 fully saturated rings. The highest BCUT2D eigenvalue weighted by atomic mass is 79.9. The van der Waals surface area contributed by atoms with Crippen molar-refractivity contribution in [2.75, 3.05) is 0 Å². The molecule has 1 heterocycles. The second kappa shape index (κ2) is 5.43. The van der Waals surface area contributed by atoms with Crippen molar-refractivity contribution >= 4 is 33.3 Å². The number of rotatable bonds is 3. The third-order valence-corrected chi connectivity index (χ3v) is 3.24. The number of benzene rings is 1. The summed E-state index contributed by atoms with van der Waals surface area (Å²) in [6, 6.07) is 8.88. The van der Waals surface area contributed by atoms with Gasteiger partial charge in [0, 0.05) is 33.9 Å². The predicted octanol–water partition coefficient (Wildman–Crippen LogP) is 3.92. The summed E-state index contributed by atoms with van der Waals surface area (Å²) in [6.45, 7) is 0. The first-order valence-electron chi connectivity index (χ1n) is 5.04. The first-order chi connectivity index (χ1) is 8.16. The van der Waals surface area contributed by atoms with Crippen molar-refractivity contribution in [1.29, 1.82) is 0 Å². The van der Waals surface area contributed by atoms with Gasteiger partial charge in [0.15, 0.2) is 5.78 Å². The van der Waals surface area contributed by atoms with Crippen molar-refractivity contribution in [2.45, 2.75) is 6.42 Å². The zero-order valence-electron chi connectivity index (χ0n) is 8.86. The second-order valence-electron chi connectivity index (χ2n) is 3.59. The van der Waals surface area contributed by atoms with E-state index >= 15 is 0 Å². The summed E-state index contributed by atoms with van der Waals surface area (Å²) in [4.78, 5) is 16.1. The highest BCUT2D eigenvalue weighted by Crippen LogP contribution is 2.22. The zero-order chi connectivity index (χ0) is 12.3. The number of pyridine rings is 1. The van der Waals surface area contributed by atoms with Crippen LogP contribution in [0.2, 0.25) is 5.02 Å². The molecule has 0 bridgehead atoms. The Bertz CT molecular complexity index is 542. The van der Waals surface area contributed by atoms with Gasteiger partial charge in [-0.15, -0.1) is 0 Å². The number of Topliss-reactive ketones (excluding diaryl/α,β-unsaturated/α-hetero) is 1. The molecule has 0 aliphatic heterocycles. The molecule has 0 amide bonds. The van der Waals surface area contributed by atoms with Gasteiger partial charge in [0.05, 0.1) is 0 Å². The molecule has 4 heteroatoms. The van der Waals surface area contributed by atoms with Crippen LogP contribution in [0.3, 0.4) is 0 Å². The minimum Gasteiger partial charge on any atom is -0.294 e. The van der Waals surface area contributed by atoms with E-state index in [2.05, 4.69) is 20.9 Å². The molecule has 86 valence electrons. The molecule has 2 nitrogen and oxygen atoms in total. The van der Waals surface area contributed by atoms with Crippen molar-refractivity contribution in [3.05, 3.63) is 63.3 Å². The lowest BCUT2D eigenvalue weighted by Crippen LogP contribution is -2.04. The Morgan fingerprint density at radius 2 is 2.18 bits per heavy atom. The molecule has 0 saturated carbocycles. The van der Waals surface area contributed by atoms with Gasteiger partial charge in [0.1, 0.15) is 0 Å². The van der Waals surface area contributed by atoms with Gasteiger partial charge in [0.25, 0.3) is 0 Å². The Hall–Kier alpha value is -1.19. The van der Waals surface area contributed by atoms with Gasteiger partial charge in [-0.25, -0.2) is 0 Å². The molecule has 0 radical (unpaired) electrons. The monoisotopic (exact) mass is 309 g/mol. The summed E-state index contributed by atoms with van der Waals surface area (Å²) in [5, 5.41) is 0.558. The van der Waals surface area contributed by atoms with E-state index < -0.39 is 0 Å². The Balaban J connectivity index is 2.23. The van der Waals surface area contributed by atoms with Gasteiger partial charge in [-0.3, -0.25) is 9.78 Å². The molecule has 0 aliphatic rings. The topological polar surface area (TPSA) is 30.0 Å². The Morgan fingerprint density at radius 1 is 1.35 bits per heavy atom. The summed E-state index contributed by atoms with van der Waals surface area (Å²) in [7, 11) is 0. The normalized spacial score (nSPS) is 10.2. The molecular weight excluding hydrogens is 302 g/mol. The van der Waals surface area contributed by atoms with E-state index in [-0.39, 0.29) is 5.78 Å². The SMILES string of the molecule is O=C(Cc1cccnc1)c1cc(Cl)ccc1Br. The van der Waals surface area contributed by atoms with Crippen molar-refractivity contribution in [2.24, 2.45) is 0 Å². The molecule has 1 aromatic carbocycles. The molecule has 17 heavy (non-hydrogen) atoms. The summed E-state index contributed by atoms with van der Waals surface area (Å²) >= 11 is 9.23. The molecule has 2 rings (SSSR count). The van der Waals surface area contributed by atoms with Crippen molar-refractivity contribution in [1.82, 2.24) is 4.98 Å². The Kier molecular flexibility index (Phi) is 3.92. The first-order valence-corrected chi connectivity index (χ1v) is 6.21. The average Bonchev–Trinajstić information content (AvgIpc) is 2.33. The highest BCUT2D eigenvalue weighted by molar-refractivity contribution is 9.10.